The number of ether oxygens (including phenoxy) is 1. The van der Waals surface area contributed by atoms with Gasteiger partial charge in [-0.2, -0.15) is 4.99 Å². The predicted molar refractivity (Wildman–Crippen MR) is 140 cm³/mol. The van der Waals surface area contributed by atoms with Crippen molar-refractivity contribution in [2.24, 2.45) is 15.9 Å². The van der Waals surface area contributed by atoms with E-state index in [9.17, 15) is 31.2 Å². The summed E-state index contributed by atoms with van der Waals surface area (Å²) in [7, 11) is -3.85. The normalized spacial score (nSPS) is 12.8. The van der Waals surface area contributed by atoms with Gasteiger partial charge in [0.05, 0.1) is 11.3 Å². The molecule has 3 aromatic rings. The van der Waals surface area contributed by atoms with E-state index in [4.69, 9.17) is 10.9 Å². The molecule has 0 saturated carbocycles. The van der Waals surface area contributed by atoms with Gasteiger partial charge in [0, 0.05) is 13.0 Å². The van der Waals surface area contributed by atoms with Gasteiger partial charge in [0.15, 0.2) is 5.96 Å². The number of nitrogens with zero attached hydrogens (tertiary/aromatic N) is 1. The molecule has 0 radical (unpaired) electrons. The summed E-state index contributed by atoms with van der Waals surface area (Å²) < 4.78 is 63.6. The Morgan fingerprint density at radius 1 is 0.900 bits per heavy atom. The van der Waals surface area contributed by atoms with Crippen molar-refractivity contribution in [3.8, 4) is 5.75 Å². The highest BCUT2D eigenvalue weighted by Gasteiger charge is 2.31. The molecule has 0 aliphatic rings. The van der Waals surface area contributed by atoms with Crippen molar-refractivity contribution in [2.75, 3.05) is 0 Å². The second-order valence-electron chi connectivity index (χ2n) is 8.55. The Morgan fingerprint density at radius 2 is 1.50 bits per heavy atom. The fourth-order valence-electron chi connectivity index (χ4n) is 3.54. The molecular formula is C26H26F3N5O5S. The van der Waals surface area contributed by atoms with Crippen LogP contribution in [0.5, 0.6) is 5.75 Å². The number of amides is 2. The third-order valence-electron chi connectivity index (χ3n) is 5.40. The highest BCUT2D eigenvalue weighted by molar-refractivity contribution is 7.89. The SMILES string of the molecule is NC(=NC(=O)Cc1ccc(OC(F)(F)F)cc1)NC(Cc1ccccc1)C(=O)NCc1ccc(S(N)(=O)=O)cc1. The summed E-state index contributed by atoms with van der Waals surface area (Å²) in [5, 5.41) is 10.6. The monoisotopic (exact) mass is 577 g/mol. The van der Waals surface area contributed by atoms with E-state index in [2.05, 4.69) is 20.4 Å². The second-order valence-corrected chi connectivity index (χ2v) is 10.1. The van der Waals surface area contributed by atoms with Gasteiger partial charge in [0.1, 0.15) is 11.8 Å². The summed E-state index contributed by atoms with van der Waals surface area (Å²) >= 11 is 0. The molecule has 3 rings (SSSR count). The van der Waals surface area contributed by atoms with Crippen LogP contribution in [0.15, 0.2) is 88.8 Å². The van der Waals surface area contributed by atoms with Crippen molar-refractivity contribution < 1.29 is 35.9 Å². The number of rotatable bonds is 10. The number of hydrogen-bond acceptors (Lipinski definition) is 5. The topological polar surface area (TPSA) is 166 Å². The molecule has 0 heterocycles. The number of primary sulfonamides is 1. The minimum atomic E-state index is -4.83. The van der Waals surface area contributed by atoms with E-state index in [1.165, 1.54) is 36.4 Å². The van der Waals surface area contributed by atoms with Gasteiger partial charge in [-0.25, -0.2) is 13.6 Å². The van der Waals surface area contributed by atoms with Gasteiger partial charge in [0.25, 0.3) is 5.91 Å². The number of benzene rings is 3. The third kappa shape index (κ3) is 10.0. The van der Waals surface area contributed by atoms with Gasteiger partial charge in [-0.1, -0.05) is 54.6 Å². The molecular weight excluding hydrogens is 551 g/mol. The summed E-state index contributed by atoms with van der Waals surface area (Å²) in [6.45, 7) is 0.0702. The first-order chi connectivity index (χ1) is 18.8. The number of halogens is 3. The maximum Gasteiger partial charge on any atom is 0.573 e. The lowest BCUT2D eigenvalue weighted by atomic mass is 10.1. The Hall–Kier alpha value is -4.43. The number of sulfonamides is 1. The first-order valence-corrected chi connectivity index (χ1v) is 13.2. The zero-order valence-electron chi connectivity index (χ0n) is 20.9. The number of carbonyl (C=O) groups is 2. The lowest BCUT2D eigenvalue weighted by molar-refractivity contribution is -0.274. The second kappa shape index (κ2) is 13.1. The van der Waals surface area contributed by atoms with E-state index >= 15 is 0 Å². The fraction of sp³-hybridized carbons (Fsp3) is 0.192. The standard InChI is InChI=1S/C26H26F3N5O5S/c27-26(28,29)39-20-10-6-18(7-11-20)15-23(35)34-25(30)33-22(14-17-4-2-1-3-5-17)24(36)32-16-19-8-12-21(13-9-19)40(31,37)38/h1-13,22H,14-16H2,(H,32,36)(H2,31,37,38)(H3,30,33,34,35). The van der Waals surface area contributed by atoms with Gasteiger partial charge in [-0.05, 0) is 41.0 Å². The van der Waals surface area contributed by atoms with E-state index in [1.807, 2.05) is 6.07 Å². The van der Waals surface area contributed by atoms with Crippen molar-refractivity contribution >= 4 is 27.8 Å². The third-order valence-corrected chi connectivity index (χ3v) is 6.33. The van der Waals surface area contributed by atoms with Crippen molar-refractivity contribution in [1.29, 1.82) is 0 Å². The number of alkyl halides is 3. The van der Waals surface area contributed by atoms with Crippen LogP contribution in [0.3, 0.4) is 0 Å². The van der Waals surface area contributed by atoms with E-state index in [0.29, 0.717) is 11.1 Å². The Bertz CT molecular complexity index is 1450. The van der Waals surface area contributed by atoms with Crippen LogP contribution < -0.4 is 26.2 Å². The van der Waals surface area contributed by atoms with E-state index in [1.54, 1.807) is 24.3 Å². The van der Waals surface area contributed by atoms with Crippen molar-refractivity contribution in [1.82, 2.24) is 10.6 Å². The molecule has 212 valence electrons. The predicted octanol–water partition coefficient (Wildman–Crippen LogP) is 2.13. The molecule has 0 aliphatic carbocycles. The van der Waals surface area contributed by atoms with Crippen LogP contribution in [0, 0.1) is 0 Å². The summed E-state index contributed by atoms with van der Waals surface area (Å²) in [6.07, 6.45) is -4.89. The highest BCUT2D eigenvalue weighted by atomic mass is 32.2. The maximum atomic E-state index is 13.0. The molecule has 3 aromatic carbocycles. The van der Waals surface area contributed by atoms with Crippen LogP contribution in [0.25, 0.3) is 0 Å². The van der Waals surface area contributed by atoms with Gasteiger partial charge in [0.2, 0.25) is 15.9 Å². The molecule has 0 saturated heterocycles. The quantitative estimate of drug-likeness (QED) is 0.212. The fourth-order valence-corrected chi connectivity index (χ4v) is 4.05. The number of aliphatic imine (C=N–C) groups is 1. The molecule has 10 nitrogen and oxygen atoms in total. The van der Waals surface area contributed by atoms with Gasteiger partial charge < -0.3 is 21.1 Å². The number of hydrogen-bond donors (Lipinski definition) is 4. The zero-order valence-corrected chi connectivity index (χ0v) is 21.7. The number of guanidine groups is 1. The summed E-state index contributed by atoms with van der Waals surface area (Å²) in [6, 6.07) is 18.5. The molecule has 0 fully saturated rings. The molecule has 2 amide bonds. The van der Waals surface area contributed by atoms with Crippen LogP contribution >= 0.6 is 0 Å². The largest absolute Gasteiger partial charge is 0.573 e. The van der Waals surface area contributed by atoms with Gasteiger partial charge in [-0.15, -0.1) is 13.2 Å². The van der Waals surface area contributed by atoms with Crippen molar-refractivity contribution in [2.45, 2.75) is 36.7 Å². The van der Waals surface area contributed by atoms with E-state index in [0.717, 1.165) is 17.7 Å². The average molecular weight is 578 g/mol. The lowest BCUT2D eigenvalue weighted by Gasteiger charge is -2.19. The number of nitrogens with one attached hydrogen (secondary N) is 2. The maximum absolute atomic E-state index is 13.0. The number of nitrogens with two attached hydrogens (primary N) is 2. The average Bonchev–Trinajstić information content (AvgIpc) is 2.87. The zero-order chi connectivity index (χ0) is 29.3. The van der Waals surface area contributed by atoms with Gasteiger partial charge in [-0.3, -0.25) is 9.59 Å². The summed E-state index contributed by atoms with van der Waals surface area (Å²) in [5.74, 6) is -1.91. The summed E-state index contributed by atoms with van der Waals surface area (Å²) in [4.78, 5) is 29.1. The van der Waals surface area contributed by atoms with Crippen molar-refractivity contribution in [3.05, 3.63) is 95.6 Å². The van der Waals surface area contributed by atoms with E-state index < -0.39 is 40.0 Å². The highest BCUT2D eigenvalue weighted by Crippen LogP contribution is 2.23. The molecule has 40 heavy (non-hydrogen) atoms. The van der Waals surface area contributed by atoms with E-state index in [-0.39, 0.29) is 30.2 Å². The van der Waals surface area contributed by atoms with Crippen LogP contribution in [0.2, 0.25) is 0 Å². The van der Waals surface area contributed by atoms with Crippen LogP contribution in [-0.4, -0.2) is 38.6 Å². The Balaban J connectivity index is 1.65. The molecule has 0 bridgehead atoms. The molecule has 14 heteroatoms. The minimum Gasteiger partial charge on any atom is -0.406 e. The minimum absolute atomic E-state index is 0.0644. The molecule has 1 atom stereocenters. The lowest BCUT2D eigenvalue weighted by Crippen LogP contribution is -2.50. The molecule has 0 aromatic heterocycles. The smallest absolute Gasteiger partial charge is 0.406 e. The molecule has 6 N–H and O–H groups in total. The Labute approximate surface area is 228 Å². The van der Waals surface area contributed by atoms with Crippen LogP contribution in [-0.2, 0) is 39.0 Å². The van der Waals surface area contributed by atoms with Crippen LogP contribution in [0.4, 0.5) is 13.2 Å². The molecule has 0 aliphatic heterocycles. The first kappa shape index (κ1) is 30.1. The Kier molecular flexibility index (Phi) is 9.85. The number of carbonyl (C=O) groups excluding carboxylic acids is 2. The summed E-state index contributed by atoms with van der Waals surface area (Å²) in [5.41, 5.74) is 7.69. The van der Waals surface area contributed by atoms with Gasteiger partial charge >= 0.3 is 6.36 Å². The Morgan fingerprint density at radius 3 is 2.08 bits per heavy atom. The molecule has 1 unspecified atom stereocenters. The first-order valence-electron chi connectivity index (χ1n) is 11.7. The molecule has 0 spiro atoms. The van der Waals surface area contributed by atoms with Crippen molar-refractivity contribution in [3.63, 3.8) is 0 Å². The van der Waals surface area contributed by atoms with Crippen LogP contribution in [0.1, 0.15) is 16.7 Å².